The number of ether oxygens (including phenoxy) is 1. The van der Waals surface area contributed by atoms with Crippen molar-refractivity contribution in [2.24, 2.45) is 0 Å². The number of benzene rings is 2. The molecule has 2 unspecified atom stereocenters. The van der Waals surface area contributed by atoms with Gasteiger partial charge < -0.3 is 20.1 Å². The fraction of sp³-hybridized carbons (Fsp3) is 0.444. The van der Waals surface area contributed by atoms with Gasteiger partial charge >= 0.3 is 12.1 Å². The average molecular weight is 465 g/mol. The summed E-state index contributed by atoms with van der Waals surface area (Å²) in [4.78, 5) is 39.0. The van der Waals surface area contributed by atoms with Crippen LogP contribution in [0.25, 0.3) is 11.1 Å². The van der Waals surface area contributed by atoms with Crippen LogP contribution in [0.3, 0.4) is 0 Å². The fourth-order valence-electron chi connectivity index (χ4n) is 5.22. The molecule has 0 saturated carbocycles. The summed E-state index contributed by atoms with van der Waals surface area (Å²) in [6, 6.07) is 15.4. The Kier molecular flexibility index (Phi) is 7.50. The number of carbonyl (C=O) groups excluding carboxylic acids is 2. The van der Waals surface area contributed by atoms with Crippen LogP contribution in [-0.4, -0.2) is 53.2 Å². The standard InChI is InChI=1S/C27H32N2O5/c1-2-18-9-7-8-16-29(18)26(32)24(14-15-25(30)31)28-27(33)34-17-23-21-12-5-3-10-19(21)20-11-4-6-13-22(20)23/h3-6,10-13,18,23-24H,2,7-9,14-17H2,1H3,(H,28,33)(H,30,31). The van der Waals surface area contributed by atoms with Crippen molar-refractivity contribution >= 4 is 18.0 Å². The molecule has 4 rings (SSSR count). The molecule has 0 radical (unpaired) electrons. The molecule has 2 atom stereocenters. The molecule has 180 valence electrons. The Hall–Kier alpha value is -3.35. The Morgan fingerprint density at radius 1 is 1.06 bits per heavy atom. The van der Waals surface area contributed by atoms with E-state index in [1.807, 2.05) is 43.3 Å². The number of carboxylic acid groups (broad SMARTS) is 1. The van der Waals surface area contributed by atoms with Gasteiger partial charge in [-0.05, 0) is 54.4 Å². The number of aliphatic carboxylic acids is 1. The van der Waals surface area contributed by atoms with Gasteiger partial charge in [-0.1, -0.05) is 55.5 Å². The average Bonchev–Trinajstić information content (AvgIpc) is 3.18. The van der Waals surface area contributed by atoms with E-state index in [1.165, 1.54) is 0 Å². The molecule has 1 aliphatic heterocycles. The molecule has 1 fully saturated rings. The summed E-state index contributed by atoms with van der Waals surface area (Å²) in [5.74, 6) is -1.31. The maximum Gasteiger partial charge on any atom is 0.407 e. The normalized spacial score (nSPS) is 18.0. The van der Waals surface area contributed by atoms with Crippen LogP contribution in [0.15, 0.2) is 48.5 Å². The second kappa shape index (κ2) is 10.7. The van der Waals surface area contributed by atoms with E-state index >= 15 is 0 Å². The maximum atomic E-state index is 13.3. The van der Waals surface area contributed by atoms with Crippen LogP contribution in [0.4, 0.5) is 4.79 Å². The van der Waals surface area contributed by atoms with E-state index in [0.29, 0.717) is 6.54 Å². The summed E-state index contributed by atoms with van der Waals surface area (Å²) >= 11 is 0. The summed E-state index contributed by atoms with van der Waals surface area (Å²) < 4.78 is 5.60. The van der Waals surface area contributed by atoms with Crippen molar-refractivity contribution in [3.63, 3.8) is 0 Å². The molecular weight excluding hydrogens is 432 g/mol. The van der Waals surface area contributed by atoms with Crippen LogP contribution in [-0.2, 0) is 14.3 Å². The van der Waals surface area contributed by atoms with Gasteiger partial charge in [0.05, 0.1) is 0 Å². The minimum atomic E-state index is -1.00. The predicted molar refractivity (Wildman–Crippen MR) is 129 cm³/mol. The van der Waals surface area contributed by atoms with Crippen molar-refractivity contribution in [1.29, 1.82) is 0 Å². The number of hydrogen-bond acceptors (Lipinski definition) is 4. The van der Waals surface area contributed by atoms with Crippen molar-refractivity contribution < 1.29 is 24.2 Å². The molecule has 0 aromatic heterocycles. The summed E-state index contributed by atoms with van der Waals surface area (Å²) in [6.07, 6.45) is 2.88. The van der Waals surface area contributed by atoms with Crippen LogP contribution in [0.1, 0.15) is 62.5 Å². The van der Waals surface area contributed by atoms with Crippen LogP contribution in [0, 0.1) is 0 Å². The first-order valence-electron chi connectivity index (χ1n) is 12.1. The molecule has 2 amide bonds. The highest BCUT2D eigenvalue weighted by Gasteiger charge is 2.33. The molecule has 0 spiro atoms. The van der Waals surface area contributed by atoms with Crippen molar-refractivity contribution in [3.8, 4) is 11.1 Å². The lowest BCUT2D eigenvalue weighted by Crippen LogP contribution is -2.53. The molecule has 2 aliphatic rings. The molecule has 7 nitrogen and oxygen atoms in total. The predicted octanol–water partition coefficient (Wildman–Crippen LogP) is 4.55. The van der Waals surface area contributed by atoms with E-state index in [9.17, 15) is 14.4 Å². The highest BCUT2D eigenvalue weighted by molar-refractivity contribution is 5.86. The number of hydrogen-bond donors (Lipinski definition) is 2. The zero-order chi connectivity index (χ0) is 24.1. The van der Waals surface area contributed by atoms with Crippen molar-refractivity contribution in [2.45, 2.75) is 63.5 Å². The lowest BCUT2D eigenvalue weighted by atomic mass is 9.98. The molecule has 7 heteroatoms. The Morgan fingerprint density at radius 2 is 1.71 bits per heavy atom. The van der Waals surface area contributed by atoms with Crippen LogP contribution in [0.5, 0.6) is 0 Å². The number of nitrogens with zero attached hydrogens (tertiary/aromatic N) is 1. The number of rotatable bonds is 8. The summed E-state index contributed by atoms with van der Waals surface area (Å²) in [5, 5.41) is 11.8. The van der Waals surface area contributed by atoms with E-state index in [-0.39, 0.29) is 37.3 Å². The third-order valence-corrected chi connectivity index (χ3v) is 6.96. The number of carbonyl (C=O) groups is 3. The van der Waals surface area contributed by atoms with Crippen LogP contribution >= 0.6 is 0 Å². The lowest BCUT2D eigenvalue weighted by Gasteiger charge is -2.37. The highest BCUT2D eigenvalue weighted by atomic mass is 16.5. The first-order chi connectivity index (χ1) is 16.5. The third kappa shape index (κ3) is 5.08. The minimum absolute atomic E-state index is 0.0330. The van der Waals surface area contributed by atoms with Gasteiger partial charge in [0, 0.05) is 24.9 Å². The quantitative estimate of drug-likeness (QED) is 0.598. The second-order valence-corrected chi connectivity index (χ2v) is 9.04. The number of amides is 2. The number of likely N-dealkylation sites (tertiary alicyclic amines) is 1. The van der Waals surface area contributed by atoms with Crippen LogP contribution in [0.2, 0.25) is 0 Å². The van der Waals surface area contributed by atoms with Gasteiger partial charge in [0.15, 0.2) is 0 Å². The zero-order valence-electron chi connectivity index (χ0n) is 19.5. The topological polar surface area (TPSA) is 95.9 Å². The number of piperidine rings is 1. The molecular formula is C27H32N2O5. The summed E-state index contributed by atoms with van der Waals surface area (Å²) in [7, 11) is 0. The first-order valence-corrected chi connectivity index (χ1v) is 12.1. The first kappa shape index (κ1) is 23.8. The fourth-order valence-corrected chi connectivity index (χ4v) is 5.22. The largest absolute Gasteiger partial charge is 0.481 e. The van der Waals surface area contributed by atoms with Gasteiger partial charge in [0.1, 0.15) is 12.6 Å². The second-order valence-electron chi connectivity index (χ2n) is 9.04. The Balaban J connectivity index is 1.44. The van der Waals surface area contributed by atoms with E-state index in [2.05, 4.69) is 17.4 Å². The van der Waals surface area contributed by atoms with Crippen molar-refractivity contribution in [3.05, 3.63) is 59.7 Å². The molecule has 2 N–H and O–H groups in total. The van der Waals surface area contributed by atoms with E-state index in [1.54, 1.807) is 4.90 Å². The van der Waals surface area contributed by atoms with Gasteiger partial charge in [-0.3, -0.25) is 9.59 Å². The lowest BCUT2D eigenvalue weighted by molar-refractivity contribution is -0.139. The molecule has 34 heavy (non-hydrogen) atoms. The van der Waals surface area contributed by atoms with Gasteiger partial charge in [0.25, 0.3) is 0 Å². The zero-order valence-corrected chi connectivity index (χ0v) is 19.5. The number of nitrogens with one attached hydrogen (secondary N) is 1. The van der Waals surface area contributed by atoms with Crippen LogP contribution < -0.4 is 5.32 Å². The van der Waals surface area contributed by atoms with Gasteiger partial charge in [-0.15, -0.1) is 0 Å². The van der Waals surface area contributed by atoms with Gasteiger partial charge in [0.2, 0.25) is 5.91 Å². The van der Waals surface area contributed by atoms with E-state index in [0.717, 1.165) is 47.9 Å². The smallest absolute Gasteiger partial charge is 0.407 e. The van der Waals surface area contributed by atoms with E-state index < -0.39 is 18.1 Å². The number of fused-ring (bicyclic) bond motifs is 3. The molecule has 2 aromatic carbocycles. The molecule has 2 aromatic rings. The van der Waals surface area contributed by atoms with E-state index in [4.69, 9.17) is 9.84 Å². The SMILES string of the molecule is CCC1CCCCN1C(=O)C(CCC(=O)O)NC(=O)OCC1c2ccccc2-c2ccccc21. The van der Waals surface area contributed by atoms with Gasteiger partial charge in [-0.2, -0.15) is 0 Å². The molecule has 0 bridgehead atoms. The monoisotopic (exact) mass is 464 g/mol. The highest BCUT2D eigenvalue weighted by Crippen LogP contribution is 2.44. The van der Waals surface area contributed by atoms with Crippen molar-refractivity contribution in [2.75, 3.05) is 13.2 Å². The Labute approximate surface area is 200 Å². The third-order valence-electron chi connectivity index (χ3n) is 6.96. The molecule has 1 heterocycles. The maximum absolute atomic E-state index is 13.3. The number of alkyl carbamates (subject to hydrolysis) is 1. The summed E-state index contributed by atoms with van der Waals surface area (Å²) in [6.45, 7) is 2.82. The summed E-state index contributed by atoms with van der Waals surface area (Å²) in [5.41, 5.74) is 4.48. The Bertz CT molecular complexity index is 1010. The Morgan fingerprint density at radius 3 is 2.32 bits per heavy atom. The van der Waals surface area contributed by atoms with Gasteiger partial charge in [-0.25, -0.2) is 4.79 Å². The minimum Gasteiger partial charge on any atom is -0.481 e. The molecule has 1 aliphatic carbocycles. The van der Waals surface area contributed by atoms with Crippen molar-refractivity contribution in [1.82, 2.24) is 10.2 Å². The number of carboxylic acids is 1. The molecule has 1 saturated heterocycles.